The second-order valence-electron chi connectivity index (χ2n) is 9.71. The van der Waals surface area contributed by atoms with Crippen LogP contribution >= 0.6 is 0 Å². The van der Waals surface area contributed by atoms with Gasteiger partial charge in [0.15, 0.2) is 0 Å². The number of nitrogens with zero attached hydrogens (tertiary/aromatic N) is 2. The fourth-order valence-electron chi connectivity index (χ4n) is 4.98. The highest BCUT2D eigenvalue weighted by Crippen LogP contribution is 2.31. The highest BCUT2D eigenvalue weighted by atomic mass is 19.1. The lowest BCUT2D eigenvalue weighted by Crippen LogP contribution is -2.48. The Morgan fingerprint density at radius 1 is 1.03 bits per heavy atom. The minimum absolute atomic E-state index is 0.0653. The topological polar surface area (TPSA) is 73.8 Å². The van der Waals surface area contributed by atoms with E-state index in [4.69, 9.17) is 0 Å². The van der Waals surface area contributed by atoms with Crippen LogP contribution in [0.4, 0.5) is 15.8 Å². The molecule has 0 aliphatic heterocycles. The van der Waals surface area contributed by atoms with Crippen molar-refractivity contribution < 1.29 is 14.0 Å². The molecule has 1 aliphatic carbocycles. The summed E-state index contributed by atoms with van der Waals surface area (Å²) in [7, 11) is 1.71. The smallest absolute Gasteiger partial charge is 0.248 e. The molecule has 2 N–H and O–H groups in total. The van der Waals surface area contributed by atoms with E-state index in [0.29, 0.717) is 11.3 Å². The normalized spacial score (nSPS) is 14.7. The van der Waals surface area contributed by atoms with Crippen molar-refractivity contribution in [3.8, 4) is 0 Å². The molecule has 3 aromatic rings. The number of carbonyl (C=O) groups is 2. The van der Waals surface area contributed by atoms with Gasteiger partial charge in [-0.25, -0.2) is 4.39 Å². The molecule has 3 aromatic carbocycles. The molecule has 1 fully saturated rings. The maximum absolute atomic E-state index is 14.4. The SMILES string of the molecule is CN=Cc1ccc(NCC(=O)N(c2cccc(F)c2)C(C(=O)NC2CCCCC2)c2ccccc2C)cc1. The summed E-state index contributed by atoms with van der Waals surface area (Å²) in [6.07, 6.45) is 6.89. The lowest BCUT2D eigenvalue weighted by Gasteiger charge is -2.34. The third kappa shape index (κ3) is 6.85. The Morgan fingerprint density at radius 2 is 1.76 bits per heavy atom. The maximum atomic E-state index is 14.4. The zero-order valence-corrected chi connectivity index (χ0v) is 22.0. The highest BCUT2D eigenvalue weighted by molar-refractivity contribution is 6.03. The molecule has 0 spiro atoms. The number of carbonyl (C=O) groups excluding carboxylic acids is 2. The molecule has 4 rings (SSSR count). The van der Waals surface area contributed by atoms with Crippen molar-refractivity contribution in [2.45, 2.75) is 51.1 Å². The Morgan fingerprint density at radius 3 is 2.45 bits per heavy atom. The summed E-state index contributed by atoms with van der Waals surface area (Å²) in [5.41, 5.74) is 3.63. The van der Waals surface area contributed by atoms with Crippen LogP contribution in [0.2, 0.25) is 0 Å². The quantitative estimate of drug-likeness (QED) is 0.354. The largest absolute Gasteiger partial charge is 0.376 e. The number of benzene rings is 3. The van der Waals surface area contributed by atoms with Gasteiger partial charge in [0.1, 0.15) is 11.9 Å². The van der Waals surface area contributed by atoms with Crippen LogP contribution in [0.15, 0.2) is 77.8 Å². The van der Waals surface area contributed by atoms with Crippen LogP contribution < -0.4 is 15.5 Å². The third-order valence-electron chi connectivity index (χ3n) is 6.93. The molecule has 6 nitrogen and oxygen atoms in total. The van der Waals surface area contributed by atoms with Crippen LogP contribution in [0.3, 0.4) is 0 Å². The summed E-state index contributed by atoms with van der Waals surface area (Å²) in [5.74, 6) is -1.08. The third-order valence-corrected chi connectivity index (χ3v) is 6.93. The number of aryl methyl sites for hydroxylation is 1. The number of aliphatic imine (C=N–C) groups is 1. The fraction of sp³-hybridized carbons (Fsp3) is 0.323. The number of hydrogen-bond donors (Lipinski definition) is 2. The summed E-state index contributed by atoms with van der Waals surface area (Å²) in [5, 5.41) is 6.36. The van der Waals surface area contributed by atoms with Gasteiger partial charge in [0.05, 0.1) is 6.54 Å². The first-order valence-electron chi connectivity index (χ1n) is 13.2. The monoisotopic (exact) mass is 514 g/mol. The number of rotatable bonds is 9. The molecule has 7 heteroatoms. The van der Waals surface area contributed by atoms with E-state index in [-0.39, 0.29) is 24.4 Å². The van der Waals surface area contributed by atoms with Crippen LogP contribution in [0, 0.1) is 12.7 Å². The molecule has 0 saturated heterocycles. The number of halogens is 1. The van der Waals surface area contributed by atoms with Gasteiger partial charge in [-0.1, -0.05) is 61.7 Å². The van der Waals surface area contributed by atoms with E-state index in [0.717, 1.165) is 42.5 Å². The van der Waals surface area contributed by atoms with Crippen LogP contribution in [-0.4, -0.2) is 37.7 Å². The van der Waals surface area contributed by atoms with Gasteiger partial charge in [-0.05, 0) is 66.8 Å². The molecule has 1 unspecified atom stereocenters. The van der Waals surface area contributed by atoms with E-state index < -0.39 is 11.9 Å². The van der Waals surface area contributed by atoms with Crippen molar-refractivity contribution in [3.63, 3.8) is 0 Å². The van der Waals surface area contributed by atoms with Gasteiger partial charge in [0.25, 0.3) is 0 Å². The summed E-state index contributed by atoms with van der Waals surface area (Å²) in [6, 6.07) is 20.0. The number of nitrogens with one attached hydrogen (secondary N) is 2. The van der Waals surface area contributed by atoms with Crippen molar-refractivity contribution in [1.29, 1.82) is 0 Å². The van der Waals surface area contributed by atoms with Crippen molar-refractivity contribution in [2.75, 3.05) is 23.8 Å². The standard InChI is InChI=1S/C31H35FN4O2/c1-22-9-6-7-14-28(22)30(31(38)35-26-11-4-3-5-12-26)36(27-13-8-10-24(32)19-27)29(37)21-34-25-17-15-23(16-18-25)20-33-2/h6-10,13-20,26,30,34H,3-5,11-12,21H2,1-2H3,(H,35,38). The lowest BCUT2D eigenvalue weighted by atomic mass is 9.93. The Hall–Kier alpha value is -4.00. The Bertz CT molecular complexity index is 1270. The number of amides is 2. The van der Waals surface area contributed by atoms with E-state index in [2.05, 4.69) is 15.6 Å². The minimum Gasteiger partial charge on any atom is -0.376 e. The Labute approximate surface area is 224 Å². The molecule has 38 heavy (non-hydrogen) atoms. The van der Waals surface area contributed by atoms with Crippen LogP contribution in [-0.2, 0) is 9.59 Å². The zero-order valence-electron chi connectivity index (χ0n) is 22.0. The molecule has 1 saturated carbocycles. The van der Waals surface area contributed by atoms with Crippen LogP contribution in [0.1, 0.15) is 54.8 Å². The van der Waals surface area contributed by atoms with Crippen molar-refractivity contribution in [2.24, 2.45) is 4.99 Å². The minimum atomic E-state index is -0.947. The van der Waals surface area contributed by atoms with E-state index in [1.807, 2.05) is 55.5 Å². The predicted octanol–water partition coefficient (Wildman–Crippen LogP) is 5.82. The van der Waals surface area contributed by atoms with Gasteiger partial charge in [-0.15, -0.1) is 0 Å². The van der Waals surface area contributed by atoms with Gasteiger partial charge in [-0.3, -0.25) is 19.5 Å². The molecule has 2 amide bonds. The van der Waals surface area contributed by atoms with E-state index >= 15 is 0 Å². The number of anilines is 2. The molecule has 198 valence electrons. The summed E-state index contributed by atoms with van der Waals surface area (Å²) < 4.78 is 14.4. The van der Waals surface area contributed by atoms with Crippen molar-refractivity contribution in [1.82, 2.24) is 5.32 Å². The van der Waals surface area contributed by atoms with Gasteiger partial charge < -0.3 is 10.6 Å². The van der Waals surface area contributed by atoms with E-state index in [9.17, 15) is 14.0 Å². The molecule has 1 atom stereocenters. The van der Waals surface area contributed by atoms with Gasteiger partial charge >= 0.3 is 0 Å². The highest BCUT2D eigenvalue weighted by Gasteiger charge is 2.35. The number of hydrogen-bond acceptors (Lipinski definition) is 4. The maximum Gasteiger partial charge on any atom is 0.248 e. The molecule has 0 aromatic heterocycles. The molecule has 1 aliphatic rings. The van der Waals surface area contributed by atoms with Gasteiger partial charge in [0, 0.05) is 30.7 Å². The molecular formula is C31H35FN4O2. The van der Waals surface area contributed by atoms with Crippen LogP contribution in [0.5, 0.6) is 0 Å². The first-order valence-corrected chi connectivity index (χ1v) is 13.2. The average molecular weight is 515 g/mol. The summed E-state index contributed by atoms with van der Waals surface area (Å²) >= 11 is 0. The second kappa shape index (κ2) is 13.0. The summed E-state index contributed by atoms with van der Waals surface area (Å²) in [6.45, 7) is 1.85. The molecular weight excluding hydrogens is 479 g/mol. The van der Waals surface area contributed by atoms with E-state index in [1.165, 1.54) is 23.5 Å². The van der Waals surface area contributed by atoms with Gasteiger partial charge in [0.2, 0.25) is 11.8 Å². The fourth-order valence-corrected chi connectivity index (χ4v) is 4.98. The zero-order chi connectivity index (χ0) is 26.9. The first kappa shape index (κ1) is 27.0. The molecule has 0 bridgehead atoms. The lowest BCUT2D eigenvalue weighted by molar-refractivity contribution is -0.126. The predicted molar refractivity (Wildman–Crippen MR) is 151 cm³/mol. The summed E-state index contributed by atoms with van der Waals surface area (Å²) in [4.78, 5) is 33.2. The van der Waals surface area contributed by atoms with Crippen molar-refractivity contribution in [3.05, 3.63) is 95.3 Å². The van der Waals surface area contributed by atoms with Gasteiger partial charge in [-0.2, -0.15) is 0 Å². The van der Waals surface area contributed by atoms with Crippen LogP contribution in [0.25, 0.3) is 0 Å². The Balaban J connectivity index is 1.68. The van der Waals surface area contributed by atoms with Crippen molar-refractivity contribution >= 4 is 29.4 Å². The Kier molecular flexibility index (Phi) is 9.25. The molecule has 0 radical (unpaired) electrons. The second-order valence-corrected chi connectivity index (χ2v) is 9.71. The average Bonchev–Trinajstić information content (AvgIpc) is 2.92. The first-order chi connectivity index (χ1) is 18.5. The molecule has 0 heterocycles. The van der Waals surface area contributed by atoms with E-state index in [1.54, 1.807) is 25.4 Å².